The summed E-state index contributed by atoms with van der Waals surface area (Å²) in [4.78, 5) is 18.1. The number of nitrogens with zero attached hydrogens (tertiary/aromatic N) is 2. The number of hydrogen-bond donors (Lipinski definition) is 2. The van der Waals surface area contributed by atoms with Crippen LogP contribution in [0.1, 0.15) is 22.9 Å². The number of urea groups is 1. The Hall–Kier alpha value is -1.82. The van der Waals surface area contributed by atoms with E-state index in [9.17, 15) is 9.90 Å². The van der Waals surface area contributed by atoms with Crippen molar-refractivity contribution in [2.24, 2.45) is 0 Å². The number of rotatable bonds is 2. The summed E-state index contributed by atoms with van der Waals surface area (Å²) in [6.07, 6.45) is 1.29. The second kappa shape index (κ2) is 6.59. The molecule has 1 heterocycles. The van der Waals surface area contributed by atoms with Crippen LogP contribution < -0.4 is 5.32 Å². The second-order valence-electron chi connectivity index (χ2n) is 5.90. The molecular formula is C17H17Cl2N3O2. The molecule has 1 aromatic carbocycles. The van der Waals surface area contributed by atoms with Gasteiger partial charge in [0.05, 0.1) is 12.1 Å². The van der Waals surface area contributed by atoms with Gasteiger partial charge >= 0.3 is 6.03 Å². The van der Waals surface area contributed by atoms with Crippen LogP contribution in [0.3, 0.4) is 0 Å². The molecule has 1 aromatic heterocycles. The average molecular weight is 366 g/mol. The van der Waals surface area contributed by atoms with Crippen molar-refractivity contribution in [1.82, 2.24) is 9.88 Å². The molecule has 0 bridgehead atoms. The number of aliphatic hydroxyl groups is 1. The summed E-state index contributed by atoms with van der Waals surface area (Å²) in [6, 6.07) is 6.07. The van der Waals surface area contributed by atoms with Crippen molar-refractivity contribution in [3.05, 3.63) is 57.3 Å². The number of aromatic nitrogens is 1. The minimum Gasteiger partial charge on any atom is -0.390 e. The Kier molecular flexibility index (Phi) is 4.67. The van der Waals surface area contributed by atoms with Gasteiger partial charge < -0.3 is 15.3 Å². The number of pyridine rings is 1. The highest BCUT2D eigenvalue weighted by Crippen LogP contribution is 2.40. The van der Waals surface area contributed by atoms with Gasteiger partial charge in [-0.2, -0.15) is 0 Å². The van der Waals surface area contributed by atoms with Crippen molar-refractivity contribution in [2.45, 2.75) is 25.5 Å². The molecule has 0 saturated heterocycles. The smallest absolute Gasteiger partial charge is 0.322 e. The van der Waals surface area contributed by atoms with Gasteiger partial charge in [0.25, 0.3) is 0 Å². The van der Waals surface area contributed by atoms with Gasteiger partial charge in [0.15, 0.2) is 0 Å². The summed E-state index contributed by atoms with van der Waals surface area (Å²) in [6.45, 7) is 1.85. The molecule has 0 unspecified atom stereocenters. The van der Waals surface area contributed by atoms with Crippen molar-refractivity contribution in [1.29, 1.82) is 0 Å². The number of carbonyl (C=O) groups is 1. The van der Waals surface area contributed by atoms with Crippen LogP contribution in [0.25, 0.3) is 0 Å². The molecule has 1 aliphatic rings. The SMILES string of the molecule is Cc1cc(NC(=O)N(C)[C@H]2c3cc(Cl)cc(Cl)c3C[C@H]2O)ccn1. The molecule has 7 heteroatoms. The average Bonchev–Trinajstić information content (AvgIpc) is 2.83. The molecular weight excluding hydrogens is 349 g/mol. The molecule has 5 nitrogen and oxygen atoms in total. The lowest BCUT2D eigenvalue weighted by atomic mass is 10.1. The van der Waals surface area contributed by atoms with Gasteiger partial charge in [-0.05, 0) is 42.3 Å². The van der Waals surface area contributed by atoms with Crippen LogP contribution in [-0.2, 0) is 6.42 Å². The molecule has 0 saturated carbocycles. The lowest BCUT2D eigenvalue weighted by Gasteiger charge is -2.28. The summed E-state index contributed by atoms with van der Waals surface area (Å²) in [7, 11) is 1.64. The van der Waals surface area contributed by atoms with E-state index in [1.807, 2.05) is 6.92 Å². The first-order valence-corrected chi connectivity index (χ1v) is 8.24. The molecule has 2 atom stereocenters. The Labute approximate surface area is 150 Å². The van der Waals surface area contributed by atoms with Gasteiger partial charge in [-0.25, -0.2) is 4.79 Å². The molecule has 0 aliphatic heterocycles. The fourth-order valence-electron chi connectivity index (χ4n) is 3.06. The first-order valence-electron chi connectivity index (χ1n) is 7.49. The summed E-state index contributed by atoms with van der Waals surface area (Å²) < 4.78 is 0. The van der Waals surface area contributed by atoms with Gasteiger partial charge in [0.1, 0.15) is 0 Å². The lowest BCUT2D eigenvalue weighted by Crippen LogP contribution is -2.38. The minimum absolute atomic E-state index is 0.325. The predicted molar refractivity (Wildman–Crippen MR) is 94.7 cm³/mol. The number of carbonyl (C=O) groups excluding carboxylic acids is 1. The summed E-state index contributed by atoms with van der Waals surface area (Å²) in [5.74, 6) is 0. The van der Waals surface area contributed by atoms with Gasteiger partial charge in [-0.1, -0.05) is 23.2 Å². The van der Waals surface area contributed by atoms with Crippen LogP contribution in [0.4, 0.5) is 10.5 Å². The maximum Gasteiger partial charge on any atom is 0.322 e. The number of aryl methyl sites for hydroxylation is 1. The normalized spacial score (nSPS) is 19.0. The Balaban J connectivity index is 1.85. The molecule has 2 amide bonds. The molecule has 24 heavy (non-hydrogen) atoms. The number of fused-ring (bicyclic) bond motifs is 1. The van der Waals surface area contributed by atoms with Crippen molar-refractivity contribution < 1.29 is 9.90 Å². The number of aliphatic hydroxyl groups excluding tert-OH is 1. The maximum absolute atomic E-state index is 12.6. The van der Waals surface area contributed by atoms with E-state index in [4.69, 9.17) is 23.2 Å². The topological polar surface area (TPSA) is 65.5 Å². The van der Waals surface area contributed by atoms with E-state index in [2.05, 4.69) is 10.3 Å². The highest BCUT2D eigenvalue weighted by atomic mass is 35.5. The second-order valence-corrected chi connectivity index (χ2v) is 6.74. The van der Waals surface area contributed by atoms with Gasteiger partial charge in [0, 0.05) is 41.1 Å². The molecule has 1 aliphatic carbocycles. The predicted octanol–water partition coefficient (Wildman–Crippen LogP) is 3.82. The first kappa shape index (κ1) is 17.0. The summed E-state index contributed by atoms with van der Waals surface area (Å²) in [5.41, 5.74) is 3.07. The third-order valence-electron chi connectivity index (χ3n) is 4.18. The standard InChI is InChI=1S/C17H17Cl2N3O2/c1-9-5-11(3-4-20-9)21-17(24)22(2)16-13-6-10(18)7-14(19)12(13)8-15(16)23/h3-7,15-16,23H,8H2,1-2H3,(H,20,21,24)/t15-,16+/m1/s1. The number of anilines is 1. The van der Waals surface area contributed by atoms with E-state index in [0.717, 1.165) is 16.8 Å². The van der Waals surface area contributed by atoms with E-state index < -0.39 is 12.1 Å². The number of amides is 2. The van der Waals surface area contributed by atoms with E-state index in [1.54, 1.807) is 37.5 Å². The van der Waals surface area contributed by atoms with Crippen molar-refractivity contribution in [2.75, 3.05) is 12.4 Å². The molecule has 2 aromatic rings. The van der Waals surface area contributed by atoms with Crippen LogP contribution in [0, 0.1) is 6.92 Å². The van der Waals surface area contributed by atoms with Crippen LogP contribution in [0.5, 0.6) is 0 Å². The number of nitrogens with one attached hydrogen (secondary N) is 1. The Morgan fingerprint density at radius 1 is 1.38 bits per heavy atom. The van der Waals surface area contributed by atoms with Gasteiger partial charge in [-0.3, -0.25) is 4.98 Å². The van der Waals surface area contributed by atoms with Crippen LogP contribution in [0.15, 0.2) is 30.5 Å². The number of halogens is 2. The fourth-order valence-corrected chi connectivity index (χ4v) is 3.65. The van der Waals surface area contributed by atoms with Crippen molar-refractivity contribution in [3.8, 4) is 0 Å². The molecule has 0 spiro atoms. The van der Waals surface area contributed by atoms with E-state index >= 15 is 0 Å². The Morgan fingerprint density at radius 2 is 2.12 bits per heavy atom. The van der Waals surface area contributed by atoms with E-state index in [0.29, 0.717) is 22.2 Å². The highest BCUT2D eigenvalue weighted by molar-refractivity contribution is 6.35. The largest absolute Gasteiger partial charge is 0.390 e. The lowest BCUT2D eigenvalue weighted by molar-refractivity contribution is 0.0934. The number of hydrogen-bond acceptors (Lipinski definition) is 3. The first-order chi connectivity index (χ1) is 11.4. The minimum atomic E-state index is -0.731. The number of likely N-dealkylation sites (N-methyl/N-ethyl adjacent to an activating group) is 1. The van der Waals surface area contributed by atoms with Crippen molar-refractivity contribution >= 4 is 34.9 Å². The molecule has 0 radical (unpaired) electrons. The highest BCUT2D eigenvalue weighted by Gasteiger charge is 2.37. The van der Waals surface area contributed by atoms with Gasteiger partial charge in [-0.15, -0.1) is 0 Å². The van der Waals surface area contributed by atoms with Crippen molar-refractivity contribution in [3.63, 3.8) is 0 Å². The molecule has 3 rings (SSSR count). The Morgan fingerprint density at radius 3 is 2.83 bits per heavy atom. The van der Waals surface area contributed by atoms with Crippen LogP contribution >= 0.6 is 23.2 Å². The zero-order valence-electron chi connectivity index (χ0n) is 13.3. The van der Waals surface area contributed by atoms with E-state index in [-0.39, 0.29) is 6.03 Å². The van der Waals surface area contributed by atoms with Crippen LogP contribution in [0.2, 0.25) is 10.0 Å². The quantitative estimate of drug-likeness (QED) is 0.849. The molecule has 0 fully saturated rings. The molecule has 2 N–H and O–H groups in total. The maximum atomic E-state index is 12.6. The number of benzene rings is 1. The third-order valence-corrected chi connectivity index (χ3v) is 4.73. The third kappa shape index (κ3) is 3.20. The summed E-state index contributed by atoms with van der Waals surface area (Å²) >= 11 is 12.3. The van der Waals surface area contributed by atoms with Crippen LogP contribution in [-0.4, -0.2) is 34.2 Å². The molecule has 126 valence electrons. The zero-order chi connectivity index (χ0) is 17.4. The van der Waals surface area contributed by atoms with Gasteiger partial charge in [0.2, 0.25) is 0 Å². The summed E-state index contributed by atoms with van der Waals surface area (Å²) in [5, 5.41) is 14.2. The van der Waals surface area contributed by atoms with E-state index in [1.165, 1.54) is 4.90 Å². The zero-order valence-corrected chi connectivity index (χ0v) is 14.8. The monoisotopic (exact) mass is 365 g/mol. The fraction of sp³-hybridized carbons (Fsp3) is 0.294. The Bertz CT molecular complexity index is 797.